The standard InChI is InChI=1S/C51H55ClF2N8O6/c1-28-41-39(24-36(53)44(52)43(41)42-35(46(55)64)15-16-38(67-3)45(42)54)68-51(28,30-7-5-4-6-8-30)27-56-31-11-9-29(10-12-31)48(65)61-21-18-50(19-22-61)25-33(26-50)57-32-13-14-34-37(23-32)60(2)59-47(34)62-20-17-40(63)58-49(62)66/h4-8,13-16,23-24,28-29,31,33,56-57H,9-12,17-22,25-27H2,1-3H3,(H2,55,64)(H,58,63,66)/t28-,29?,31?,51-/m0/s1. The lowest BCUT2D eigenvalue weighted by Crippen LogP contribution is -2.53. The maximum atomic E-state index is 16.2. The molecule has 5 amide bonds. The highest BCUT2D eigenvalue weighted by atomic mass is 35.5. The van der Waals surface area contributed by atoms with Gasteiger partial charge in [0.15, 0.2) is 23.0 Å². The number of hydrogen-bond donors (Lipinski definition) is 4. The molecule has 356 valence electrons. The molecule has 4 aromatic carbocycles. The van der Waals surface area contributed by atoms with Crippen molar-refractivity contribution in [2.24, 2.45) is 24.1 Å². The van der Waals surface area contributed by atoms with Crippen molar-refractivity contribution in [1.82, 2.24) is 25.3 Å². The lowest BCUT2D eigenvalue weighted by Gasteiger charge is -2.53. The molecule has 4 fully saturated rings. The molecule has 2 saturated heterocycles. The zero-order chi connectivity index (χ0) is 47.6. The molecule has 68 heavy (non-hydrogen) atoms. The Morgan fingerprint density at radius 2 is 1.71 bits per heavy atom. The Bertz CT molecular complexity index is 2840. The summed E-state index contributed by atoms with van der Waals surface area (Å²) in [6.07, 6.45) is 7.35. The van der Waals surface area contributed by atoms with Crippen LogP contribution in [0.5, 0.6) is 11.5 Å². The number of benzene rings is 4. The zero-order valence-electron chi connectivity index (χ0n) is 38.3. The SMILES string of the molecule is COc1ccc(C(N)=O)c(-c2c(Cl)c(F)cc3c2[C@H](C)[C@@](CNC2CCC(C(=O)N4CCC5(CC4)CC(Nc4ccc6c(N7CCC(=O)NC7=O)nn(C)c6c4)C5)CC2)(c2ccccc2)O3)c1F. The first-order valence-electron chi connectivity index (χ1n) is 23.5. The van der Waals surface area contributed by atoms with E-state index in [1.807, 2.05) is 56.4 Å². The second-order valence-corrected chi connectivity index (χ2v) is 19.7. The molecule has 5 N–H and O–H groups in total. The van der Waals surface area contributed by atoms with Crippen molar-refractivity contribution < 1.29 is 37.4 Å². The van der Waals surface area contributed by atoms with E-state index in [9.17, 15) is 19.2 Å². The summed E-state index contributed by atoms with van der Waals surface area (Å²) < 4.78 is 45.8. The molecule has 0 unspecified atom stereocenters. The van der Waals surface area contributed by atoms with Gasteiger partial charge < -0.3 is 30.7 Å². The van der Waals surface area contributed by atoms with Gasteiger partial charge in [0.25, 0.3) is 0 Å². The van der Waals surface area contributed by atoms with E-state index in [2.05, 4.69) is 32.0 Å². The maximum absolute atomic E-state index is 16.2. The number of piperidine rings is 1. The minimum Gasteiger partial charge on any atom is -0.494 e. The van der Waals surface area contributed by atoms with Crippen LogP contribution in [-0.4, -0.2) is 83.8 Å². The molecule has 17 heteroatoms. The van der Waals surface area contributed by atoms with Crippen molar-refractivity contribution in [3.63, 3.8) is 0 Å². The number of aryl methyl sites for hydroxylation is 1. The van der Waals surface area contributed by atoms with Crippen LogP contribution in [0.25, 0.3) is 22.0 Å². The van der Waals surface area contributed by atoms with Crippen molar-refractivity contribution in [2.75, 3.05) is 43.5 Å². The Balaban J connectivity index is 0.755. The summed E-state index contributed by atoms with van der Waals surface area (Å²) >= 11 is 6.70. The number of carbonyl (C=O) groups excluding carboxylic acids is 4. The number of fused-ring (bicyclic) bond motifs is 2. The Hall–Kier alpha value is -6.26. The predicted molar refractivity (Wildman–Crippen MR) is 254 cm³/mol. The van der Waals surface area contributed by atoms with Gasteiger partial charge in [-0.15, -0.1) is 0 Å². The lowest BCUT2D eigenvalue weighted by atomic mass is 9.60. The number of ether oxygens (including phenoxy) is 2. The van der Waals surface area contributed by atoms with Crippen molar-refractivity contribution in [3.05, 3.63) is 100 Å². The number of imide groups is 1. The van der Waals surface area contributed by atoms with Crippen LogP contribution in [0.1, 0.15) is 92.1 Å². The number of nitrogens with two attached hydrogens (primary N) is 1. The second kappa shape index (κ2) is 17.7. The van der Waals surface area contributed by atoms with Crippen LogP contribution in [0.15, 0.2) is 66.7 Å². The number of aromatic nitrogens is 2. The average molecular weight is 949 g/mol. The van der Waals surface area contributed by atoms with Gasteiger partial charge in [0.2, 0.25) is 17.7 Å². The van der Waals surface area contributed by atoms with Crippen LogP contribution in [0.3, 0.4) is 0 Å². The summed E-state index contributed by atoms with van der Waals surface area (Å²) in [5.74, 6) is -2.65. The summed E-state index contributed by atoms with van der Waals surface area (Å²) in [6, 6.07) is 19.5. The molecule has 2 atom stereocenters. The molecule has 14 nitrogen and oxygen atoms in total. The number of likely N-dealkylation sites (tertiary alicyclic amines) is 1. The predicted octanol–water partition coefficient (Wildman–Crippen LogP) is 8.15. The molecule has 3 aliphatic heterocycles. The van der Waals surface area contributed by atoms with Crippen LogP contribution in [0.4, 0.5) is 25.1 Å². The average Bonchev–Trinajstić information content (AvgIpc) is 3.80. The highest BCUT2D eigenvalue weighted by Gasteiger charge is 2.51. The molecule has 2 aliphatic carbocycles. The van der Waals surface area contributed by atoms with E-state index >= 15 is 8.78 Å². The van der Waals surface area contributed by atoms with Crippen LogP contribution >= 0.6 is 11.6 Å². The summed E-state index contributed by atoms with van der Waals surface area (Å²) in [7, 11) is 3.15. The van der Waals surface area contributed by atoms with Gasteiger partial charge in [-0.2, -0.15) is 5.10 Å². The van der Waals surface area contributed by atoms with E-state index in [1.54, 1.807) is 4.68 Å². The topological polar surface area (TPSA) is 173 Å². The third kappa shape index (κ3) is 7.88. The van der Waals surface area contributed by atoms with Gasteiger partial charge in [-0.1, -0.05) is 48.9 Å². The molecule has 10 rings (SSSR count). The number of rotatable bonds is 11. The molecule has 1 aromatic heterocycles. The van der Waals surface area contributed by atoms with Crippen molar-refractivity contribution >= 4 is 57.8 Å². The van der Waals surface area contributed by atoms with Crippen molar-refractivity contribution in [3.8, 4) is 22.6 Å². The highest BCUT2D eigenvalue weighted by molar-refractivity contribution is 6.34. The fourth-order valence-electron chi connectivity index (χ4n) is 11.7. The Labute approximate surface area is 397 Å². The van der Waals surface area contributed by atoms with Crippen molar-refractivity contribution in [1.29, 1.82) is 0 Å². The molecular weight excluding hydrogens is 894 g/mol. The summed E-state index contributed by atoms with van der Waals surface area (Å²) in [5, 5.41) is 14.9. The molecule has 1 spiro atoms. The van der Waals surface area contributed by atoms with Gasteiger partial charge in [-0.3, -0.25) is 29.3 Å². The minimum atomic E-state index is -1.07. The zero-order valence-corrected chi connectivity index (χ0v) is 39.1. The van der Waals surface area contributed by atoms with Crippen molar-refractivity contribution in [2.45, 2.75) is 88.3 Å². The van der Waals surface area contributed by atoms with E-state index in [1.165, 1.54) is 30.2 Å². The van der Waals surface area contributed by atoms with Crippen LogP contribution in [0, 0.1) is 23.0 Å². The number of nitrogens with zero attached hydrogens (tertiary/aromatic N) is 4. The van der Waals surface area contributed by atoms with Gasteiger partial charge in [0, 0.05) is 97.4 Å². The number of carbonyl (C=O) groups is 4. The number of anilines is 2. The van der Waals surface area contributed by atoms with Crippen LogP contribution in [0.2, 0.25) is 5.02 Å². The van der Waals surface area contributed by atoms with Gasteiger partial charge >= 0.3 is 6.03 Å². The number of methoxy groups -OCH3 is 1. The lowest BCUT2D eigenvalue weighted by molar-refractivity contribution is -0.140. The van der Waals surface area contributed by atoms with Crippen LogP contribution in [-0.2, 0) is 22.2 Å². The first-order valence-corrected chi connectivity index (χ1v) is 23.9. The number of urea groups is 1. The number of amides is 5. The molecule has 2 saturated carbocycles. The van der Waals surface area contributed by atoms with Gasteiger partial charge in [0.1, 0.15) is 11.6 Å². The normalized spacial score (nSPS) is 23.5. The fraction of sp³-hybridized carbons (Fsp3) is 0.431. The first-order chi connectivity index (χ1) is 32.7. The van der Waals surface area contributed by atoms with Gasteiger partial charge in [0.05, 0.1) is 23.2 Å². The summed E-state index contributed by atoms with van der Waals surface area (Å²) in [6.45, 7) is 4.06. The van der Waals surface area contributed by atoms with E-state index in [0.29, 0.717) is 24.0 Å². The second-order valence-electron chi connectivity index (χ2n) is 19.3. The Kier molecular flexibility index (Phi) is 11.8. The van der Waals surface area contributed by atoms with Crippen LogP contribution < -0.4 is 36.1 Å². The van der Waals surface area contributed by atoms with E-state index in [-0.39, 0.29) is 75.4 Å². The smallest absolute Gasteiger partial charge is 0.329 e. The third-order valence-corrected chi connectivity index (χ3v) is 15.9. The molecular formula is C51H55ClF2N8O6. The number of hydrogen-bond acceptors (Lipinski definition) is 9. The number of nitrogens with one attached hydrogen (secondary N) is 3. The molecule has 5 aromatic rings. The fourth-order valence-corrected chi connectivity index (χ4v) is 12.0. The van der Waals surface area contributed by atoms with E-state index < -0.39 is 35.1 Å². The van der Waals surface area contributed by atoms with E-state index in [0.717, 1.165) is 86.6 Å². The first kappa shape index (κ1) is 45.5. The van der Waals surface area contributed by atoms with E-state index in [4.69, 9.17) is 26.8 Å². The van der Waals surface area contributed by atoms with Gasteiger partial charge in [-0.05, 0) is 92.7 Å². The molecule has 4 heterocycles. The molecule has 0 bridgehead atoms. The summed E-state index contributed by atoms with van der Waals surface area (Å²) in [5.41, 5.74) is 7.64. The third-order valence-electron chi connectivity index (χ3n) is 15.5. The van der Waals surface area contributed by atoms with Gasteiger partial charge in [-0.25, -0.2) is 13.6 Å². The summed E-state index contributed by atoms with van der Waals surface area (Å²) in [4.78, 5) is 54.5. The largest absolute Gasteiger partial charge is 0.494 e. The number of primary amides is 1. The maximum Gasteiger partial charge on any atom is 0.329 e. The quantitative estimate of drug-likeness (QED) is 0.102. The molecule has 0 radical (unpaired) electrons. The Morgan fingerprint density at radius 3 is 2.40 bits per heavy atom. The highest BCUT2D eigenvalue weighted by Crippen LogP contribution is 2.57. The monoisotopic (exact) mass is 948 g/mol. The number of halogens is 3. The molecule has 5 aliphatic rings. The minimum absolute atomic E-state index is 0.00375. The Morgan fingerprint density at radius 1 is 0.971 bits per heavy atom.